The molecule has 0 unspecified atom stereocenters. The lowest BCUT2D eigenvalue weighted by molar-refractivity contribution is -0.117. The number of rotatable bonds is 3. The lowest BCUT2D eigenvalue weighted by Crippen LogP contribution is -2.15. The van der Waals surface area contributed by atoms with Crippen molar-refractivity contribution in [3.05, 3.63) is 41.5 Å². The van der Waals surface area contributed by atoms with E-state index in [1.54, 1.807) is 12.4 Å². The van der Waals surface area contributed by atoms with Crippen molar-refractivity contribution in [2.24, 2.45) is 13.0 Å². The molecule has 0 spiro atoms. The fraction of sp³-hybridized carbons (Fsp3) is 0.294. The molecular weight excluding hydrogens is 304 g/mol. The van der Waals surface area contributed by atoms with Gasteiger partial charge in [0.1, 0.15) is 0 Å². The third-order valence-electron chi connectivity index (χ3n) is 4.63. The summed E-state index contributed by atoms with van der Waals surface area (Å²) in [5.74, 6) is 0.649. The SMILES string of the molecule is Cc1cc2c(NC(=O)[C@@H]3C[C@H]3c3cncn3C)n[nH]c2cc1C#N. The largest absolute Gasteiger partial charge is 0.337 e. The van der Waals surface area contributed by atoms with Crippen molar-refractivity contribution < 1.29 is 4.79 Å². The number of hydrogen-bond donors (Lipinski definition) is 2. The van der Waals surface area contributed by atoms with E-state index in [0.717, 1.165) is 28.6 Å². The summed E-state index contributed by atoms with van der Waals surface area (Å²) in [6.45, 7) is 1.87. The van der Waals surface area contributed by atoms with Crippen LogP contribution in [-0.2, 0) is 11.8 Å². The summed E-state index contributed by atoms with van der Waals surface area (Å²) >= 11 is 0. The predicted octanol–water partition coefficient (Wildman–Crippen LogP) is 2.22. The Hall–Kier alpha value is -3.14. The second-order valence-electron chi connectivity index (χ2n) is 6.26. The third-order valence-corrected chi connectivity index (χ3v) is 4.63. The summed E-state index contributed by atoms with van der Waals surface area (Å²) in [6.07, 6.45) is 4.39. The molecule has 1 saturated carbocycles. The van der Waals surface area contributed by atoms with Crippen LogP contribution >= 0.6 is 0 Å². The predicted molar refractivity (Wildman–Crippen MR) is 88.2 cm³/mol. The highest BCUT2D eigenvalue weighted by Gasteiger charge is 2.45. The van der Waals surface area contributed by atoms with Gasteiger partial charge in [-0.15, -0.1) is 0 Å². The lowest BCUT2D eigenvalue weighted by atomic mass is 10.1. The molecule has 0 aliphatic heterocycles. The minimum absolute atomic E-state index is 0.0309. The molecule has 7 heteroatoms. The first-order valence-electron chi connectivity index (χ1n) is 7.74. The zero-order valence-electron chi connectivity index (χ0n) is 13.4. The average Bonchev–Trinajstić information content (AvgIpc) is 3.11. The van der Waals surface area contributed by atoms with Crippen molar-refractivity contribution in [2.75, 3.05) is 5.32 Å². The van der Waals surface area contributed by atoms with E-state index < -0.39 is 0 Å². The Bertz CT molecular complexity index is 992. The van der Waals surface area contributed by atoms with Crippen molar-refractivity contribution in [3.63, 3.8) is 0 Å². The number of nitrogens with one attached hydrogen (secondary N) is 2. The summed E-state index contributed by atoms with van der Waals surface area (Å²) in [5, 5.41) is 19.9. The third kappa shape index (κ3) is 2.24. The number of carbonyl (C=O) groups is 1. The number of fused-ring (bicyclic) bond motifs is 1. The van der Waals surface area contributed by atoms with Gasteiger partial charge in [0, 0.05) is 36.2 Å². The molecule has 4 rings (SSSR count). The molecule has 0 bridgehead atoms. The number of aromatic nitrogens is 4. The Morgan fingerprint density at radius 3 is 3.04 bits per heavy atom. The van der Waals surface area contributed by atoms with Crippen molar-refractivity contribution in [2.45, 2.75) is 19.3 Å². The second kappa shape index (κ2) is 5.20. The van der Waals surface area contributed by atoms with Gasteiger partial charge in [-0.3, -0.25) is 9.89 Å². The van der Waals surface area contributed by atoms with Gasteiger partial charge in [-0.05, 0) is 31.0 Å². The number of imidazole rings is 1. The Labute approximate surface area is 138 Å². The first-order valence-corrected chi connectivity index (χ1v) is 7.74. The number of H-pyrrole nitrogens is 1. The highest BCUT2D eigenvalue weighted by atomic mass is 16.2. The molecule has 24 heavy (non-hydrogen) atoms. The van der Waals surface area contributed by atoms with Crippen LogP contribution in [0.4, 0.5) is 5.82 Å². The van der Waals surface area contributed by atoms with Crippen LogP contribution in [0.2, 0.25) is 0 Å². The van der Waals surface area contributed by atoms with Crippen LogP contribution in [0.3, 0.4) is 0 Å². The Balaban J connectivity index is 1.55. The highest BCUT2D eigenvalue weighted by Crippen LogP contribution is 2.47. The molecule has 2 atom stereocenters. The van der Waals surface area contributed by atoms with E-state index in [1.165, 1.54) is 0 Å². The van der Waals surface area contributed by atoms with E-state index in [9.17, 15) is 4.79 Å². The van der Waals surface area contributed by atoms with Gasteiger partial charge in [0.2, 0.25) is 5.91 Å². The molecule has 7 nitrogen and oxygen atoms in total. The maximum Gasteiger partial charge on any atom is 0.229 e. The number of nitrogens with zero attached hydrogens (tertiary/aromatic N) is 4. The average molecular weight is 320 g/mol. The van der Waals surface area contributed by atoms with Crippen molar-refractivity contribution in [1.29, 1.82) is 5.26 Å². The quantitative estimate of drug-likeness (QED) is 0.773. The van der Waals surface area contributed by atoms with Crippen molar-refractivity contribution >= 4 is 22.6 Å². The van der Waals surface area contributed by atoms with Crippen LogP contribution in [-0.4, -0.2) is 25.7 Å². The minimum atomic E-state index is -0.0494. The van der Waals surface area contributed by atoms with Crippen LogP contribution in [0.25, 0.3) is 10.9 Å². The van der Waals surface area contributed by atoms with Crippen molar-refractivity contribution in [1.82, 2.24) is 19.7 Å². The van der Waals surface area contributed by atoms with E-state index in [1.807, 2.05) is 30.8 Å². The summed E-state index contributed by atoms with van der Waals surface area (Å²) in [6, 6.07) is 5.78. The molecule has 3 aromatic rings. The Morgan fingerprint density at radius 2 is 2.33 bits per heavy atom. The summed E-state index contributed by atoms with van der Waals surface area (Å²) < 4.78 is 1.95. The summed E-state index contributed by atoms with van der Waals surface area (Å²) in [4.78, 5) is 16.6. The fourth-order valence-electron chi connectivity index (χ4n) is 3.13. The van der Waals surface area contributed by atoms with Crippen LogP contribution in [0.1, 0.15) is 29.2 Å². The van der Waals surface area contributed by atoms with E-state index in [-0.39, 0.29) is 17.7 Å². The van der Waals surface area contributed by atoms with E-state index in [0.29, 0.717) is 11.4 Å². The number of amides is 1. The topological polar surface area (TPSA) is 99.4 Å². The van der Waals surface area contributed by atoms with Gasteiger partial charge in [-0.25, -0.2) is 4.98 Å². The van der Waals surface area contributed by atoms with Crippen LogP contribution in [0.5, 0.6) is 0 Å². The fourth-order valence-corrected chi connectivity index (χ4v) is 3.13. The molecule has 120 valence electrons. The number of nitriles is 1. The van der Waals surface area contributed by atoms with E-state index in [2.05, 4.69) is 26.6 Å². The minimum Gasteiger partial charge on any atom is -0.337 e. The molecule has 2 heterocycles. The van der Waals surface area contributed by atoms with Crippen LogP contribution in [0, 0.1) is 24.2 Å². The van der Waals surface area contributed by atoms with Gasteiger partial charge in [0.15, 0.2) is 5.82 Å². The molecule has 1 fully saturated rings. The molecule has 1 aliphatic rings. The number of carbonyl (C=O) groups excluding carboxylic acids is 1. The van der Waals surface area contributed by atoms with Crippen molar-refractivity contribution in [3.8, 4) is 6.07 Å². The first-order chi connectivity index (χ1) is 11.6. The van der Waals surface area contributed by atoms with Gasteiger partial charge in [0.05, 0.1) is 23.5 Å². The van der Waals surface area contributed by atoms with Crippen LogP contribution in [0.15, 0.2) is 24.7 Å². The molecule has 0 radical (unpaired) electrons. The van der Waals surface area contributed by atoms with Gasteiger partial charge in [0.25, 0.3) is 0 Å². The standard InChI is InChI=1S/C17H16N6O/c1-9-3-13-14(4-10(9)6-18)21-22-16(13)20-17(24)12-5-11(12)15-7-19-8-23(15)2/h3-4,7-8,11-12H,5H2,1-2H3,(H2,20,21,22,24)/t11-,12-/m1/s1. The normalized spacial score (nSPS) is 19.2. The molecule has 1 aromatic carbocycles. The highest BCUT2D eigenvalue weighted by molar-refractivity contribution is 6.02. The maximum atomic E-state index is 12.5. The smallest absolute Gasteiger partial charge is 0.229 e. The Kier molecular flexibility index (Phi) is 3.13. The van der Waals surface area contributed by atoms with E-state index >= 15 is 0 Å². The number of benzene rings is 1. The van der Waals surface area contributed by atoms with E-state index in [4.69, 9.17) is 5.26 Å². The zero-order chi connectivity index (χ0) is 16.8. The zero-order valence-corrected chi connectivity index (χ0v) is 13.4. The lowest BCUT2D eigenvalue weighted by Gasteiger charge is -2.04. The van der Waals surface area contributed by atoms with Crippen LogP contribution < -0.4 is 5.32 Å². The molecule has 1 aliphatic carbocycles. The first kappa shape index (κ1) is 14.5. The van der Waals surface area contributed by atoms with Gasteiger partial charge < -0.3 is 9.88 Å². The second-order valence-corrected chi connectivity index (χ2v) is 6.26. The molecule has 1 amide bonds. The number of aromatic amines is 1. The molecular formula is C17H16N6O. The van der Waals surface area contributed by atoms with Gasteiger partial charge in [-0.2, -0.15) is 10.4 Å². The summed E-state index contributed by atoms with van der Waals surface area (Å²) in [7, 11) is 1.94. The molecule has 0 saturated heterocycles. The van der Waals surface area contributed by atoms with Gasteiger partial charge in [-0.1, -0.05) is 0 Å². The monoisotopic (exact) mass is 320 g/mol. The number of aryl methyl sites for hydroxylation is 2. The molecule has 2 aromatic heterocycles. The number of hydrogen-bond acceptors (Lipinski definition) is 4. The Morgan fingerprint density at radius 1 is 1.50 bits per heavy atom. The molecule has 2 N–H and O–H groups in total. The van der Waals surface area contributed by atoms with Gasteiger partial charge >= 0.3 is 0 Å². The summed E-state index contributed by atoms with van der Waals surface area (Å²) in [5.41, 5.74) is 3.28. The number of anilines is 1. The maximum absolute atomic E-state index is 12.5.